The highest BCUT2D eigenvalue weighted by molar-refractivity contribution is 6.01. The van der Waals surface area contributed by atoms with E-state index >= 15 is 0 Å². The van der Waals surface area contributed by atoms with Gasteiger partial charge in [-0.1, -0.05) is 169 Å². The van der Waals surface area contributed by atoms with Gasteiger partial charge in [-0.3, -0.25) is 9.59 Å². The molecule has 0 spiro atoms. The smallest absolute Gasteiger partial charge is 0.329 e. The number of carbonyl (C=O) groups is 3. The van der Waals surface area contributed by atoms with Gasteiger partial charge in [-0.15, -0.1) is 0 Å². The largest absolute Gasteiger partial charge is 0.340 e. The van der Waals surface area contributed by atoms with E-state index in [1.807, 2.05) is 67.6 Å². The molecule has 1 aromatic carbocycles. The van der Waals surface area contributed by atoms with E-state index in [9.17, 15) is 14.4 Å². The van der Waals surface area contributed by atoms with E-state index in [1.54, 1.807) is 19.1 Å². The average molecular weight is 616 g/mol. The predicted molar refractivity (Wildman–Crippen MR) is 188 cm³/mol. The molecule has 0 saturated carbocycles. The summed E-state index contributed by atoms with van der Waals surface area (Å²) in [5.41, 5.74) is 1.96. The average Bonchev–Trinajstić information content (AvgIpc) is 3.03. The van der Waals surface area contributed by atoms with Gasteiger partial charge >= 0.3 is 5.97 Å². The lowest BCUT2D eigenvalue weighted by Gasteiger charge is -2.20. The summed E-state index contributed by atoms with van der Waals surface area (Å²) in [6, 6.07) is 7.80. The van der Waals surface area contributed by atoms with Gasteiger partial charge in [0.25, 0.3) is 11.8 Å². The fourth-order valence-corrected chi connectivity index (χ4v) is 4.48. The number of imide groups is 1. The first-order chi connectivity index (χ1) is 21.8. The van der Waals surface area contributed by atoms with Crippen LogP contribution in [-0.4, -0.2) is 22.8 Å². The minimum atomic E-state index is -0.692. The first-order valence-electron chi connectivity index (χ1n) is 17.0. The molecule has 1 unspecified atom stereocenters. The van der Waals surface area contributed by atoms with E-state index in [1.165, 1.54) is 62.7 Å². The number of unbranched alkanes of at least 4 members (excludes halogenated alkanes) is 8. The molecule has 1 atom stereocenters. The zero-order valence-electron chi connectivity index (χ0n) is 28.5. The lowest BCUT2D eigenvalue weighted by Crippen LogP contribution is -2.38. The van der Waals surface area contributed by atoms with E-state index in [0.29, 0.717) is 17.4 Å². The van der Waals surface area contributed by atoms with Crippen LogP contribution in [0.4, 0.5) is 0 Å². The molecule has 0 aliphatic heterocycles. The third kappa shape index (κ3) is 19.3. The Morgan fingerprint density at radius 3 is 1.80 bits per heavy atom. The topological polar surface area (TPSA) is 63.7 Å². The summed E-state index contributed by atoms with van der Waals surface area (Å²) >= 11 is 0. The molecule has 0 aliphatic carbocycles. The number of hydrogen-bond acceptors (Lipinski definition) is 4. The van der Waals surface area contributed by atoms with Crippen LogP contribution in [0.15, 0.2) is 97.2 Å². The minimum absolute atomic E-state index is 0.121. The molecule has 0 heterocycles. The second-order valence-corrected chi connectivity index (χ2v) is 11.8. The molecule has 5 heteroatoms. The Kier molecular flexibility index (Phi) is 22.3. The molecule has 0 saturated heterocycles. The Bertz CT molecular complexity index is 1150. The van der Waals surface area contributed by atoms with Crippen LogP contribution < -0.4 is 0 Å². The summed E-state index contributed by atoms with van der Waals surface area (Å²) in [6.45, 7) is 10.2. The second kappa shape index (κ2) is 25.6. The van der Waals surface area contributed by atoms with Gasteiger partial charge in [-0.05, 0) is 49.7 Å². The van der Waals surface area contributed by atoms with Crippen molar-refractivity contribution in [2.75, 3.05) is 0 Å². The number of hydrogen-bond donors (Lipinski definition) is 0. The number of carbonyl (C=O) groups excluding carboxylic acids is 3. The van der Waals surface area contributed by atoms with Crippen molar-refractivity contribution < 1.29 is 19.2 Å². The quantitative estimate of drug-likeness (QED) is 0.0597. The molecule has 0 bridgehead atoms. The highest BCUT2D eigenvalue weighted by Crippen LogP contribution is 2.20. The minimum Gasteiger partial charge on any atom is -0.329 e. The SMILES string of the molecule is CCCCCCCCCC=CC=CC=CC=CC=CC=CC(=O)N(OC(=O)C(C)c1ccc(CC(C)C)cc1)C(=O)CCCC. The predicted octanol–water partition coefficient (Wildman–Crippen LogP) is 10.5. The zero-order valence-corrected chi connectivity index (χ0v) is 28.5. The van der Waals surface area contributed by atoms with Gasteiger partial charge in [-0.25, -0.2) is 4.79 Å². The molecule has 0 radical (unpaired) electrons. The van der Waals surface area contributed by atoms with Gasteiger partial charge in [0.15, 0.2) is 0 Å². The monoisotopic (exact) mass is 615 g/mol. The summed E-state index contributed by atoms with van der Waals surface area (Å²) in [5.74, 6) is -1.97. The Morgan fingerprint density at radius 1 is 0.689 bits per heavy atom. The summed E-state index contributed by atoms with van der Waals surface area (Å²) in [4.78, 5) is 43.8. The van der Waals surface area contributed by atoms with Crippen LogP contribution in [0.25, 0.3) is 0 Å². The molecule has 0 fully saturated rings. The van der Waals surface area contributed by atoms with Gasteiger partial charge in [0.1, 0.15) is 0 Å². The summed E-state index contributed by atoms with van der Waals surface area (Å²) in [5, 5.41) is 0.597. The maximum atomic E-state index is 12.9. The maximum Gasteiger partial charge on any atom is 0.340 e. The fourth-order valence-electron chi connectivity index (χ4n) is 4.48. The fraction of sp³-hybridized carbons (Fsp3) is 0.475. The number of amides is 2. The molecular formula is C40H57NO4. The summed E-state index contributed by atoms with van der Waals surface area (Å²) in [7, 11) is 0. The molecule has 45 heavy (non-hydrogen) atoms. The van der Waals surface area contributed by atoms with Crippen molar-refractivity contribution >= 4 is 17.8 Å². The highest BCUT2D eigenvalue weighted by atomic mass is 16.7. The number of allylic oxidation sites excluding steroid dienone is 11. The maximum absolute atomic E-state index is 12.9. The van der Waals surface area contributed by atoms with E-state index in [2.05, 4.69) is 32.9 Å². The summed E-state index contributed by atoms with van der Waals surface area (Å²) < 4.78 is 0. The zero-order chi connectivity index (χ0) is 33.1. The Labute approximate surface area is 273 Å². The molecular weight excluding hydrogens is 558 g/mol. The van der Waals surface area contributed by atoms with Crippen LogP contribution in [-0.2, 0) is 25.6 Å². The van der Waals surface area contributed by atoms with Crippen molar-refractivity contribution in [2.45, 2.75) is 118 Å². The lowest BCUT2D eigenvalue weighted by atomic mass is 9.97. The Morgan fingerprint density at radius 2 is 1.22 bits per heavy atom. The van der Waals surface area contributed by atoms with Crippen molar-refractivity contribution in [3.63, 3.8) is 0 Å². The number of nitrogens with zero attached hydrogens (tertiary/aromatic N) is 1. The first kappa shape index (κ1) is 39.3. The van der Waals surface area contributed by atoms with Crippen molar-refractivity contribution in [1.29, 1.82) is 0 Å². The lowest BCUT2D eigenvalue weighted by molar-refractivity contribution is -0.201. The van der Waals surface area contributed by atoms with E-state index < -0.39 is 23.7 Å². The normalized spacial score (nSPS) is 13.0. The number of rotatable bonds is 21. The molecule has 5 nitrogen and oxygen atoms in total. The number of benzene rings is 1. The van der Waals surface area contributed by atoms with Crippen molar-refractivity contribution in [1.82, 2.24) is 5.06 Å². The van der Waals surface area contributed by atoms with Crippen LogP contribution in [0, 0.1) is 5.92 Å². The van der Waals surface area contributed by atoms with Crippen LogP contribution in [0.3, 0.4) is 0 Å². The standard InChI is InChI=1S/C40H57NO4/c1-6-8-10-11-12-13-14-15-16-17-18-19-20-21-22-23-24-25-26-28-39(43)41(38(42)27-9-7-2)45-40(44)35(5)37-31-29-36(30-32-37)33-34(3)4/h16-26,28-32,34-35H,6-15,27,33H2,1-5H3. The second-order valence-electron chi connectivity index (χ2n) is 11.8. The molecule has 1 rings (SSSR count). The van der Waals surface area contributed by atoms with E-state index in [-0.39, 0.29) is 6.42 Å². The molecule has 246 valence electrons. The van der Waals surface area contributed by atoms with Crippen molar-refractivity contribution in [3.05, 3.63) is 108 Å². The Balaban J connectivity index is 2.56. The first-order valence-corrected chi connectivity index (χ1v) is 17.0. The van der Waals surface area contributed by atoms with E-state index in [4.69, 9.17) is 4.84 Å². The number of hydroxylamine groups is 2. The third-order valence-corrected chi connectivity index (χ3v) is 7.18. The molecule has 2 amide bonds. The summed E-state index contributed by atoms with van der Waals surface area (Å²) in [6.07, 6.45) is 35.0. The molecule has 0 aliphatic rings. The highest BCUT2D eigenvalue weighted by Gasteiger charge is 2.27. The van der Waals surface area contributed by atoms with Gasteiger partial charge in [0.05, 0.1) is 5.92 Å². The van der Waals surface area contributed by atoms with Gasteiger partial charge in [-0.2, -0.15) is 0 Å². The van der Waals surface area contributed by atoms with Gasteiger partial charge < -0.3 is 4.84 Å². The van der Waals surface area contributed by atoms with Gasteiger partial charge in [0, 0.05) is 12.5 Å². The molecule has 1 aromatic rings. The van der Waals surface area contributed by atoms with Gasteiger partial charge in [0.2, 0.25) is 0 Å². The third-order valence-electron chi connectivity index (χ3n) is 7.18. The van der Waals surface area contributed by atoms with Crippen LogP contribution >= 0.6 is 0 Å². The van der Waals surface area contributed by atoms with Crippen molar-refractivity contribution in [2.24, 2.45) is 5.92 Å². The molecule has 0 aromatic heterocycles. The van der Waals surface area contributed by atoms with Crippen LogP contribution in [0.5, 0.6) is 0 Å². The van der Waals surface area contributed by atoms with Crippen LogP contribution in [0.2, 0.25) is 0 Å². The van der Waals surface area contributed by atoms with Crippen LogP contribution in [0.1, 0.15) is 122 Å². The molecule has 0 N–H and O–H groups in total. The van der Waals surface area contributed by atoms with E-state index in [0.717, 1.165) is 24.8 Å². The Hall–Kier alpha value is -3.73. The van der Waals surface area contributed by atoms with Crippen molar-refractivity contribution in [3.8, 4) is 0 Å².